The third-order valence-electron chi connectivity index (χ3n) is 8.01. The maximum Gasteiger partial charge on any atom is 0.271 e. The Morgan fingerprint density at radius 2 is 1.70 bits per heavy atom. The second-order valence-electron chi connectivity index (χ2n) is 10.7. The van der Waals surface area contributed by atoms with Gasteiger partial charge in [0, 0.05) is 62.2 Å². The Bertz CT molecular complexity index is 2130. The Labute approximate surface area is 265 Å². The fourth-order valence-electron chi connectivity index (χ4n) is 5.58. The van der Waals surface area contributed by atoms with Gasteiger partial charge in [0.25, 0.3) is 11.8 Å². The maximum atomic E-state index is 14.4. The number of benzene rings is 3. The molecule has 1 aliphatic rings. The molecule has 46 heavy (non-hydrogen) atoms. The Morgan fingerprint density at radius 3 is 2.33 bits per heavy atom. The molecule has 2 amide bonds. The van der Waals surface area contributed by atoms with Gasteiger partial charge in [0.2, 0.25) is 10.0 Å². The molecule has 240 valence electrons. The standard InChI is InChI=1S/C32H28F2N4O5S.C2H6/c1-35-31(39)29-23-14-21(19-12-13-38(17-19)32(40)27-15-22-24(34)6-5-7-25(22)36(27)2)26(37(3)44(4,41)42)16-28(23)43-30(29)18-8-10-20(33)11-9-18;1-2/h5-12,14-16H,13,17H2,1-4H3,(H,35,39);1-2H3. The van der Waals surface area contributed by atoms with Gasteiger partial charge in [0.1, 0.15) is 28.7 Å². The van der Waals surface area contributed by atoms with Crippen molar-refractivity contribution in [2.24, 2.45) is 7.05 Å². The quantitative estimate of drug-likeness (QED) is 0.237. The van der Waals surface area contributed by atoms with Crippen molar-refractivity contribution in [3.63, 3.8) is 0 Å². The van der Waals surface area contributed by atoms with Gasteiger partial charge < -0.3 is 19.2 Å². The van der Waals surface area contributed by atoms with Crippen LogP contribution in [0, 0.1) is 11.6 Å². The van der Waals surface area contributed by atoms with E-state index in [1.54, 1.807) is 40.8 Å². The molecule has 12 heteroatoms. The molecule has 0 bridgehead atoms. The molecule has 6 rings (SSSR count). The summed E-state index contributed by atoms with van der Waals surface area (Å²) >= 11 is 0. The second-order valence-corrected chi connectivity index (χ2v) is 12.7. The van der Waals surface area contributed by atoms with Crippen LogP contribution in [-0.4, -0.2) is 63.1 Å². The normalized spacial score (nSPS) is 13.0. The van der Waals surface area contributed by atoms with Gasteiger partial charge in [-0.2, -0.15) is 0 Å². The molecule has 2 aromatic heterocycles. The lowest BCUT2D eigenvalue weighted by Gasteiger charge is -2.22. The smallest absolute Gasteiger partial charge is 0.271 e. The molecule has 3 aromatic carbocycles. The Balaban J connectivity index is 0.00000204. The van der Waals surface area contributed by atoms with Crippen LogP contribution in [-0.2, 0) is 17.1 Å². The Morgan fingerprint density at radius 1 is 1.00 bits per heavy atom. The first kappa shape index (κ1) is 32.4. The zero-order valence-electron chi connectivity index (χ0n) is 26.3. The van der Waals surface area contributed by atoms with E-state index in [9.17, 15) is 26.8 Å². The van der Waals surface area contributed by atoms with Crippen molar-refractivity contribution in [2.45, 2.75) is 13.8 Å². The number of hydrogen-bond donors (Lipinski definition) is 1. The van der Waals surface area contributed by atoms with E-state index in [0.717, 1.165) is 10.6 Å². The number of fused-ring (bicyclic) bond motifs is 2. The molecule has 0 saturated heterocycles. The average molecular weight is 649 g/mol. The van der Waals surface area contributed by atoms with E-state index in [1.807, 2.05) is 19.9 Å². The van der Waals surface area contributed by atoms with E-state index in [0.29, 0.717) is 38.7 Å². The summed E-state index contributed by atoms with van der Waals surface area (Å²) in [4.78, 5) is 28.3. The minimum atomic E-state index is -3.73. The number of aromatic nitrogens is 1. The molecule has 0 atom stereocenters. The van der Waals surface area contributed by atoms with Crippen molar-refractivity contribution in [3.8, 4) is 11.3 Å². The first-order chi connectivity index (χ1) is 21.9. The monoisotopic (exact) mass is 648 g/mol. The van der Waals surface area contributed by atoms with Crippen LogP contribution >= 0.6 is 0 Å². The van der Waals surface area contributed by atoms with Gasteiger partial charge >= 0.3 is 0 Å². The van der Waals surface area contributed by atoms with Crippen molar-refractivity contribution in [1.29, 1.82) is 0 Å². The van der Waals surface area contributed by atoms with Crippen molar-refractivity contribution in [1.82, 2.24) is 14.8 Å². The highest BCUT2D eigenvalue weighted by Crippen LogP contribution is 2.41. The minimum Gasteiger partial charge on any atom is -0.455 e. The van der Waals surface area contributed by atoms with Crippen LogP contribution in [0.25, 0.3) is 38.8 Å². The number of nitrogens with one attached hydrogen (secondary N) is 1. The maximum absolute atomic E-state index is 14.4. The summed E-state index contributed by atoms with van der Waals surface area (Å²) in [5, 5.41) is 3.37. The number of furan rings is 1. The number of aryl methyl sites for hydroxylation is 1. The number of carbonyl (C=O) groups excluding carboxylic acids is 2. The second kappa shape index (κ2) is 12.4. The topological polar surface area (TPSA) is 105 Å². The number of halogens is 2. The van der Waals surface area contributed by atoms with Crippen molar-refractivity contribution in [2.75, 3.05) is 37.7 Å². The lowest BCUT2D eigenvalue weighted by atomic mass is 9.98. The number of nitrogens with zero attached hydrogens (tertiary/aromatic N) is 3. The molecule has 0 unspecified atom stereocenters. The lowest BCUT2D eigenvalue weighted by molar-refractivity contribution is 0.0792. The van der Waals surface area contributed by atoms with E-state index in [-0.39, 0.29) is 41.6 Å². The summed E-state index contributed by atoms with van der Waals surface area (Å²) in [5.74, 6) is -1.44. The predicted octanol–water partition coefficient (Wildman–Crippen LogP) is 6.19. The third kappa shape index (κ3) is 5.64. The van der Waals surface area contributed by atoms with Gasteiger partial charge in [0.05, 0.1) is 23.0 Å². The highest BCUT2D eigenvalue weighted by atomic mass is 32.2. The average Bonchev–Trinajstić information content (AvgIpc) is 3.77. The zero-order chi connectivity index (χ0) is 33.5. The summed E-state index contributed by atoms with van der Waals surface area (Å²) in [6.45, 7) is 4.36. The van der Waals surface area contributed by atoms with Gasteiger partial charge in [-0.05, 0) is 54.1 Å². The molecule has 5 aromatic rings. The molecule has 0 aliphatic carbocycles. The van der Waals surface area contributed by atoms with Crippen LogP contribution in [0.2, 0.25) is 0 Å². The van der Waals surface area contributed by atoms with Crippen LogP contribution in [0.15, 0.2) is 71.2 Å². The van der Waals surface area contributed by atoms with E-state index in [1.165, 1.54) is 50.5 Å². The van der Waals surface area contributed by atoms with Crippen LogP contribution in [0.4, 0.5) is 14.5 Å². The number of carbonyl (C=O) groups is 2. The largest absolute Gasteiger partial charge is 0.455 e. The predicted molar refractivity (Wildman–Crippen MR) is 176 cm³/mol. The molecule has 0 radical (unpaired) electrons. The molecular formula is C34H34F2N4O5S. The molecule has 0 saturated carbocycles. The van der Waals surface area contributed by atoms with Crippen molar-refractivity contribution in [3.05, 3.63) is 95.2 Å². The van der Waals surface area contributed by atoms with E-state index in [4.69, 9.17) is 4.42 Å². The highest BCUT2D eigenvalue weighted by molar-refractivity contribution is 7.92. The first-order valence-electron chi connectivity index (χ1n) is 14.6. The number of hydrogen-bond acceptors (Lipinski definition) is 5. The molecule has 1 aliphatic heterocycles. The summed E-state index contributed by atoms with van der Waals surface area (Å²) < 4.78 is 62.4. The fraction of sp³-hybridized carbons (Fsp3) is 0.235. The SMILES string of the molecule is CC.CNC(=O)c1c(-c2ccc(F)cc2)oc2cc(N(C)S(C)(=O)=O)c(C3=CCN(C(=O)c4cc5c(F)cccc5n4C)C3)cc12. The summed E-state index contributed by atoms with van der Waals surface area (Å²) in [7, 11) is 0.853. The zero-order valence-corrected chi connectivity index (χ0v) is 27.1. The van der Waals surface area contributed by atoms with E-state index >= 15 is 0 Å². The van der Waals surface area contributed by atoms with Crippen molar-refractivity contribution >= 4 is 55.0 Å². The summed E-state index contributed by atoms with van der Waals surface area (Å²) in [6.07, 6.45) is 2.89. The number of sulfonamides is 1. The van der Waals surface area contributed by atoms with E-state index < -0.39 is 27.6 Å². The van der Waals surface area contributed by atoms with Crippen LogP contribution in [0.5, 0.6) is 0 Å². The van der Waals surface area contributed by atoms with Crippen molar-refractivity contribution < 1.29 is 31.2 Å². The Hall–Kier alpha value is -4.97. The highest BCUT2D eigenvalue weighted by Gasteiger charge is 2.30. The minimum absolute atomic E-state index is 0.136. The van der Waals surface area contributed by atoms with Gasteiger partial charge in [-0.3, -0.25) is 13.9 Å². The first-order valence-corrected chi connectivity index (χ1v) is 16.5. The summed E-state index contributed by atoms with van der Waals surface area (Å²) in [6, 6.07) is 14.9. The number of amides is 2. The van der Waals surface area contributed by atoms with Crippen LogP contribution in [0.3, 0.4) is 0 Å². The summed E-state index contributed by atoms with van der Waals surface area (Å²) in [5.41, 5.74) is 3.24. The molecule has 1 N–H and O–H groups in total. The molecule has 0 spiro atoms. The van der Waals surface area contributed by atoms with Crippen LogP contribution in [0.1, 0.15) is 40.3 Å². The lowest BCUT2D eigenvalue weighted by Crippen LogP contribution is -2.30. The number of rotatable bonds is 6. The fourth-order valence-corrected chi connectivity index (χ4v) is 6.09. The van der Waals surface area contributed by atoms with Gasteiger partial charge in [-0.15, -0.1) is 0 Å². The van der Waals surface area contributed by atoms with Gasteiger partial charge in [0.15, 0.2) is 0 Å². The van der Waals surface area contributed by atoms with E-state index in [2.05, 4.69) is 5.32 Å². The molecule has 3 heterocycles. The number of anilines is 1. The third-order valence-corrected chi connectivity index (χ3v) is 9.20. The van der Waals surface area contributed by atoms with Gasteiger partial charge in [-0.25, -0.2) is 17.2 Å². The van der Waals surface area contributed by atoms with Gasteiger partial charge in [-0.1, -0.05) is 26.0 Å². The van der Waals surface area contributed by atoms with Crippen LogP contribution < -0.4 is 9.62 Å². The Kier molecular flexibility index (Phi) is 8.76. The molecular weight excluding hydrogens is 614 g/mol. The molecule has 9 nitrogen and oxygen atoms in total. The molecule has 0 fully saturated rings.